The van der Waals surface area contributed by atoms with E-state index in [9.17, 15) is 19.5 Å². The van der Waals surface area contributed by atoms with Crippen molar-refractivity contribution in [2.75, 3.05) is 13.2 Å². The van der Waals surface area contributed by atoms with Gasteiger partial charge in [0, 0.05) is 17.3 Å². The first-order chi connectivity index (χ1) is 14.9. The normalized spacial score (nSPS) is 35.6. The molecule has 1 spiro atoms. The van der Waals surface area contributed by atoms with Crippen molar-refractivity contribution in [3.63, 3.8) is 0 Å². The van der Waals surface area contributed by atoms with E-state index in [4.69, 9.17) is 0 Å². The van der Waals surface area contributed by atoms with E-state index in [0.717, 1.165) is 19.3 Å². The predicted octanol–water partition coefficient (Wildman–Crippen LogP) is 2.17. The summed E-state index contributed by atoms with van der Waals surface area (Å²) in [6.07, 6.45) is 2.44. The number of likely N-dealkylation sites (tertiary alicyclic amines) is 1. The molecular weight excluding hydrogens is 426 g/mol. The minimum atomic E-state index is -0.695. The Morgan fingerprint density at radius 2 is 1.94 bits per heavy atom. The van der Waals surface area contributed by atoms with Gasteiger partial charge in [-0.15, -0.1) is 11.8 Å². The summed E-state index contributed by atoms with van der Waals surface area (Å²) in [4.78, 5) is 42.7. The van der Waals surface area contributed by atoms with Gasteiger partial charge in [0.05, 0.1) is 29.2 Å². The summed E-state index contributed by atoms with van der Waals surface area (Å²) in [5, 5.41) is 16.5. The maximum atomic E-state index is 14.0. The fourth-order valence-electron chi connectivity index (χ4n) is 6.03. The lowest BCUT2D eigenvalue weighted by Gasteiger charge is -2.42. The van der Waals surface area contributed by atoms with Gasteiger partial charge < -0.3 is 20.6 Å². The molecule has 3 unspecified atom stereocenters. The Morgan fingerprint density at radius 1 is 1.28 bits per heavy atom. The number of fused-ring (bicyclic) bond motifs is 1. The zero-order valence-corrected chi connectivity index (χ0v) is 21.4. The number of hydrogen-bond acceptors (Lipinski definition) is 5. The molecule has 3 N–H and O–H groups in total. The summed E-state index contributed by atoms with van der Waals surface area (Å²) in [5.41, 5.74) is -0.450. The second-order valence-electron chi connectivity index (χ2n) is 11.0. The van der Waals surface area contributed by atoms with Crippen LogP contribution in [-0.4, -0.2) is 68.5 Å². The van der Waals surface area contributed by atoms with Crippen LogP contribution >= 0.6 is 11.8 Å². The molecule has 3 aliphatic heterocycles. The highest BCUT2D eigenvalue weighted by molar-refractivity contribution is 8.02. The Kier molecular flexibility index (Phi) is 7.26. The van der Waals surface area contributed by atoms with E-state index in [-0.39, 0.29) is 41.4 Å². The maximum absolute atomic E-state index is 14.0. The maximum Gasteiger partial charge on any atom is 0.244 e. The molecule has 0 radical (unpaired) electrons. The number of amides is 3. The second-order valence-corrected chi connectivity index (χ2v) is 12.5. The Bertz CT molecular complexity index is 754. The lowest BCUT2D eigenvalue weighted by atomic mass is 9.65. The predicted molar refractivity (Wildman–Crippen MR) is 127 cm³/mol. The molecule has 3 aliphatic rings. The number of nitrogens with zero attached hydrogens (tertiary/aromatic N) is 1. The monoisotopic (exact) mass is 467 g/mol. The molecule has 3 saturated heterocycles. The summed E-state index contributed by atoms with van der Waals surface area (Å²) in [7, 11) is 0. The van der Waals surface area contributed by atoms with Crippen molar-refractivity contribution in [2.45, 2.75) is 95.3 Å². The topological polar surface area (TPSA) is 98.7 Å². The van der Waals surface area contributed by atoms with E-state index < -0.39 is 34.2 Å². The highest BCUT2D eigenvalue weighted by atomic mass is 32.2. The van der Waals surface area contributed by atoms with Gasteiger partial charge in [-0.3, -0.25) is 14.4 Å². The average molecular weight is 468 g/mol. The second kappa shape index (κ2) is 9.16. The number of thioether (sulfide) groups is 1. The lowest BCUT2D eigenvalue weighted by Crippen LogP contribution is -2.61. The van der Waals surface area contributed by atoms with Crippen LogP contribution in [0.4, 0.5) is 0 Å². The lowest BCUT2D eigenvalue weighted by molar-refractivity contribution is -0.144. The third-order valence-corrected chi connectivity index (χ3v) is 9.70. The molecule has 0 aromatic rings. The molecule has 0 saturated carbocycles. The smallest absolute Gasteiger partial charge is 0.244 e. The summed E-state index contributed by atoms with van der Waals surface area (Å²) in [5.74, 6) is -1.19. The molecule has 7 nitrogen and oxygen atoms in total. The minimum Gasteiger partial charge on any atom is -0.394 e. The first kappa shape index (κ1) is 25.3. The van der Waals surface area contributed by atoms with Gasteiger partial charge >= 0.3 is 0 Å². The van der Waals surface area contributed by atoms with Crippen LogP contribution in [-0.2, 0) is 14.4 Å². The number of hydrogen-bond donors (Lipinski definition) is 3. The van der Waals surface area contributed by atoms with Gasteiger partial charge in [-0.1, -0.05) is 34.1 Å². The molecule has 0 aliphatic carbocycles. The zero-order valence-electron chi connectivity index (χ0n) is 20.6. The fraction of sp³-hybridized carbons (Fsp3) is 0.875. The average Bonchev–Trinajstić information content (AvgIpc) is 3.29. The first-order valence-corrected chi connectivity index (χ1v) is 13.0. The van der Waals surface area contributed by atoms with Crippen molar-refractivity contribution in [2.24, 2.45) is 23.7 Å². The van der Waals surface area contributed by atoms with Crippen LogP contribution in [0.15, 0.2) is 0 Å². The van der Waals surface area contributed by atoms with Crippen LogP contribution in [0.5, 0.6) is 0 Å². The van der Waals surface area contributed by atoms with Gasteiger partial charge in [0.2, 0.25) is 17.7 Å². The summed E-state index contributed by atoms with van der Waals surface area (Å²) in [6.45, 7) is 14.4. The molecule has 8 atom stereocenters. The van der Waals surface area contributed by atoms with Crippen molar-refractivity contribution in [1.29, 1.82) is 0 Å². The summed E-state index contributed by atoms with van der Waals surface area (Å²) < 4.78 is -0.647. The van der Waals surface area contributed by atoms with Crippen molar-refractivity contribution in [3.05, 3.63) is 0 Å². The molecule has 3 heterocycles. The molecular formula is C24H41N3O4S. The van der Waals surface area contributed by atoms with Gasteiger partial charge in [0.25, 0.3) is 0 Å². The molecule has 32 heavy (non-hydrogen) atoms. The number of aliphatic hydroxyl groups excluding tert-OH is 1. The van der Waals surface area contributed by atoms with E-state index in [1.54, 1.807) is 16.7 Å². The summed E-state index contributed by atoms with van der Waals surface area (Å²) >= 11 is 1.68. The van der Waals surface area contributed by atoms with Crippen LogP contribution in [0.1, 0.15) is 67.7 Å². The molecule has 0 aromatic carbocycles. The molecule has 0 aromatic heterocycles. The molecule has 182 valence electrons. The van der Waals surface area contributed by atoms with Crippen LogP contribution < -0.4 is 10.6 Å². The Balaban J connectivity index is 2.10. The SMILES string of the molecule is CCCNC(=O)[C@@H]1[C@@H]2CC(C)C3(S2)C(C(=O)NC(C)(C)C)N([C@@H](CO)[C@@H](C)CC)C(=O)[C@H]13. The van der Waals surface area contributed by atoms with E-state index in [1.165, 1.54) is 0 Å². The van der Waals surface area contributed by atoms with E-state index in [2.05, 4.69) is 17.6 Å². The van der Waals surface area contributed by atoms with E-state index >= 15 is 0 Å². The van der Waals surface area contributed by atoms with E-state index in [0.29, 0.717) is 6.54 Å². The first-order valence-electron chi connectivity index (χ1n) is 12.1. The third kappa shape index (κ3) is 3.95. The fourth-order valence-corrected chi connectivity index (χ4v) is 8.44. The quantitative estimate of drug-likeness (QED) is 0.508. The van der Waals surface area contributed by atoms with Crippen LogP contribution in [0.25, 0.3) is 0 Å². The Hall–Kier alpha value is -1.28. The van der Waals surface area contributed by atoms with Crippen molar-refractivity contribution >= 4 is 29.5 Å². The standard InChI is InChI=1S/C24H41N3O4S/c1-8-10-25-20(29)17-16-11-14(4)24(32-16)18(17)22(31)27(15(12-28)13(3)9-2)19(24)21(30)26-23(5,6)7/h13-19,28H,8-12H2,1-7H3,(H,25,29)(H,26,30)/t13-,14?,15-,16-,17+,18-,19?,24?/m0/s1. The summed E-state index contributed by atoms with van der Waals surface area (Å²) in [6, 6.07) is -1.14. The molecule has 3 amide bonds. The van der Waals surface area contributed by atoms with Crippen molar-refractivity contribution < 1.29 is 19.5 Å². The Morgan fingerprint density at radius 3 is 2.47 bits per heavy atom. The van der Waals surface area contributed by atoms with Crippen LogP contribution in [0.3, 0.4) is 0 Å². The van der Waals surface area contributed by atoms with Gasteiger partial charge in [0.1, 0.15) is 6.04 Å². The van der Waals surface area contributed by atoms with Crippen molar-refractivity contribution in [1.82, 2.24) is 15.5 Å². The van der Waals surface area contributed by atoms with Crippen LogP contribution in [0.2, 0.25) is 0 Å². The van der Waals surface area contributed by atoms with Gasteiger partial charge in [-0.25, -0.2) is 0 Å². The van der Waals surface area contributed by atoms with Crippen LogP contribution in [0, 0.1) is 23.7 Å². The number of carbonyl (C=O) groups excluding carboxylic acids is 3. The third-order valence-electron chi connectivity index (χ3n) is 7.63. The van der Waals surface area contributed by atoms with Gasteiger partial charge in [0.15, 0.2) is 0 Å². The Labute approximate surface area is 196 Å². The van der Waals surface area contributed by atoms with Crippen molar-refractivity contribution in [3.8, 4) is 0 Å². The zero-order chi connectivity index (χ0) is 24.0. The largest absolute Gasteiger partial charge is 0.394 e. The van der Waals surface area contributed by atoms with Gasteiger partial charge in [-0.05, 0) is 45.4 Å². The number of aliphatic hydroxyl groups is 1. The highest BCUT2D eigenvalue weighted by Crippen LogP contribution is 2.68. The minimum absolute atomic E-state index is 0.0361. The number of carbonyl (C=O) groups is 3. The molecule has 8 heteroatoms. The molecule has 2 bridgehead atoms. The highest BCUT2D eigenvalue weighted by Gasteiger charge is 2.76. The molecule has 3 fully saturated rings. The van der Waals surface area contributed by atoms with E-state index in [1.807, 2.05) is 41.5 Å². The number of nitrogens with one attached hydrogen (secondary N) is 2. The van der Waals surface area contributed by atoms with Gasteiger partial charge in [-0.2, -0.15) is 0 Å². The molecule has 3 rings (SSSR count). The number of rotatable bonds is 8.